The van der Waals surface area contributed by atoms with E-state index in [9.17, 15) is 4.79 Å². The zero-order chi connectivity index (χ0) is 10.3. The topological polar surface area (TPSA) is 61.5 Å². The van der Waals surface area contributed by atoms with Gasteiger partial charge in [-0.25, -0.2) is 0 Å². The molecule has 0 aromatic carbocycles. The van der Waals surface area contributed by atoms with Crippen molar-refractivity contribution < 1.29 is 14.3 Å². The second-order valence-electron chi connectivity index (χ2n) is 3.40. The summed E-state index contributed by atoms with van der Waals surface area (Å²) < 4.78 is 9.59. The first-order valence-corrected chi connectivity index (χ1v) is 4.49. The predicted molar refractivity (Wildman–Crippen MR) is 57.5 cm³/mol. The molecule has 4 nitrogen and oxygen atoms in total. The van der Waals surface area contributed by atoms with E-state index >= 15 is 0 Å². The summed E-state index contributed by atoms with van der Waals surface area (Å²) in [6.45, 7) is 4.73. The van der Waals surface area contributed by atoms with Gasteiger partial charge in [0.1, 0.15) is 12.6 Å². The Labute approximate surface area is 91.5 Å². The molecule has 0 unspecified atom stereocenters. The first-order valence-electron chi connectivity index (χ1n) is 4.49. The maximum absolute atomic E-state index is 11.2. The number of hydrogen-bond acceptors (Lipinski definition) is 4. The lowest BCUT2D eigenvalue weighted by molar-refractivity contribution is -0.146. The summed E-state index contributed by atoms with van der Waals surface area (Å²) in [5.41, 5.74) is 5.59. The summed E-state index contributed by atoms with van der Waals surface area (Å²) in [7, 11) is 1.56. The van der Waals surface area contributed by atoms with Crippen molar-refractivity contribution in [3.63, 3.8) is 0 Å². The standard InChI is InChI=1S/C9H19NO3.ClH/c1-7(2)6-8(10)9(11)13-5-4-12-3;/h7-8H,4-6,10H2,1-3H3;1H/t8-;/m0./s1. The summed E-state index contributed by atoms with van der Waals surface area (Å²) in [4.78, 5) is 11.2. The highest BCUT2D eigenvalue weighted by Gasteiger charge is 2.15. The molecule has 14 heavy (non-hydrogen) atoms. The quantitative estimate of drug-likeness (QED) is 0.541. The molecular formula is C9H20ClNO3. The molecule has 0 spiro atoms. The van der Waals surface area contributed by atoms with Gasteiger partial charge in [0.2, 0.25) is 0 Å². The van der Waals surface area contributed by atoms with Crippen LogP contribution in [0, 0.1) is 5.92 Å². The Balaban J connectivity index is 0. The van der Waals surface area contributed by atoms with E-state index in [1.54, 1.807) is 7.11 Å². The van der Waals surface area contributed by atoms with Crippen LogP contribution in [0.5, 0.6) is 0 Å². The van der Waals surface area contributed by atoms with Crippen molar-refractivity contribution >= 4 is 18.4 Å². The van der Waals surface area contributed by atoms with Crippen LogP contribution in [0.1, 0.15) is 20.3 Å². The van der Waals surface area contributed by atoms with Crippen LogP contribution in [-0.4, -0.2) is 32.3 Å². The minimum absolute atomic E-state index is 0. The van der Waals surface area contributed by atoms with Gasteiger partial charge in [0, 0.05) is 7.11 Å². The molecule has 0 aromatic rings. The molecule has 0 saturated heterocycles. The molecule has 5 heteroatoms. The van der Waals surface area contributed by atoms with Crippen molar-refractivity contribution in [2.75, 3.05) is 20.3 Å². The second-order valence-corrected chi connectivity index (χ2v) is 3.40. The van der Waals surface area contributed by atoms with Gasteiger partial charge in [0.25, 0.3) is 0 Å². The second kappa shape index (κ2) is 9.24. The number of esters is 1. The maximum atomic E-state index is 11.2. The number of ether oxygens (including phenoxy) is 2. The Morgan fingerprint density at radius 3 is 2.36 bits per heavy atom. The molecule has 1 atom stereocenters. The molecule has 0 rings (SSSR count). The van der Waals surface area contributed by atoms with Crippen LogP contribution >= 0.6 is 12.4 Å². The number of halogens is 1. The summed E-state index contributed by atoms with van der Waals surface area (Å²) in [5.74, 6) is 0.0655. The molecule has 0 radical (unpaired) electrons. The van der Waals surface area contributed by atoms with Crippen LogP contribution in [0.15, 0.2) is 0 Å². The minimum atomic E-state index is -0.503. The summed E-state index contributed by atoms with van der Waals surface area (Å²) in [6, 6.07) is -0.503. The number of hydrogen-bond donors (Lipinski definition) is 1. The van der Waals surface area contributed by atoms with Gasteiger partial charge in [-0.15, -0.1) is 12.4 Å². The lowest BCUT2D eigenvalue weighted by Gasteiger charge is -2.12. The Bertz CT molecular complexity index is 153. The van der Waals surface area contributed by atoms with E-state index in [1.165, 1.54) is 0 Å². The van der Waals surface area contributed by atoms with Crippen LogP contribution in [-0.2, 0) is 14.3 Å². The van der Waals surface area contributed by atoms with Crippen molar-refractivity contribution in [2.24, 2.45) is 11.7 Å². The zero-order valence-electron chi connectivity index (χ0n) is 8.99. The summed E-state index contributed by atoms with van der Waals surface area (Å²) in [6.07, 6.45) is 0.659. The molecule has 0 heterocycles. The number of methoxy groups -OCH3 is 1. The van der Waals surface area contributed by atoms with Crippen LogP contribution in [0.4, 0.5) is 0 Å². The van der Waals surface area contributed by atoms with Crippen molar-refractivity contribution in [3.8, 4) is 0 Å². The molecule has 0 amide bonds. The lowest BCUT2D eigenvalue weighted by Crippen LogP contribution is -2.34. The van der Waals surface area contributed by atoms with Gasteiger partial charge in [0.05, 0.1) is 6.61 Å². The highest BCUT2D eigenvalue weighted by Crippen LogP contribution is 2.03. The Morgan fingerprint density at radius 2 is 1.93 bits per heavy atom. The van der Waals surface area contributed by atoms with E-state index in [1.807, 2.05) is 13.8 Å². The number of nitrogens with two attached hydrogens (primary N) is 1. The molecule has 86 valence electrons. The minimum Gasteiger partial charge on any atom is -0.462 e. The first kappa shape index (κ1) is 16.1. The highest BCUT2D eigenvalue weighted by atomic mass is 35.5. The van der Waals surface area contributed by atoms with E-state index < -0.39 is 6.04 Å². The van der Waals surface area contributed by atoms with E-state index in [-0.39, 0.29) is 25.0 Å². The third-order valence-electron chi connectivity index (χ3n) is 1.56. The van der Waals surface area contributed by atoms with E-state index in [4.69, 9.17) is 15.2 Å². The first-order chi connectivity index (χ1) is 6.07. The summed E-state index contributed by atoms with van der Waals surface area (Å²) in [5, 5.41) is 0. The number of rotatable bonds is 6. The van der Waals surface area contributed by atoms with Gasteiger partial charge in [-0.2, -0.15) is 0 Å². The van der Waals surface area contributed by atoms with Gasteiger partial charge in [-0.3, -0.25) is 4.79 Å². The fourth-order valence-corrected chi connectivity index (χ4v) is 0.937. The number of carbonyl (C=O) groups excluding carboxylic acids is 1. The Kier molecular flexibility index (Phi) is 10.6. The third kappa shape index (κ3) is 8.29. The SMILES string of the molecule is COCCOC(=O)[C@@H](N)CC(C)C.Cl. The predicted octanol–water partition coefficient (Wildman–Crippen LogP) is 0.971. The molecule has 0 aliphatic heterocycles. The van der Waals surface area contributed by atoms with Crippen LogP contribution in [0.25, 0.3) is 0 Å². The molecule has 0 aromatic heterocycles. The van der Waals surface area contributed by atoms with Gasteiger partial charge < -0.3 is 15.2 Å². The fraction of sp³-hybridized carbons (Fsp3) is 0.889. The Morgan fingerprint density at radius 1 is 1.36 bits per heavy atom. The normalized spacial score (nSPS) is 12.1. The number of carbonyl (C=O) groups is 1. The van der Waals surface area contributed by atoms with E-state index in [0.717, 1.165) is 0 Å². The van der Waals surface area contributed by atoms with Crippen molar-refractivity contribution in [2.45, 2.75) is 26.3 Å². The van der Waals surface area contributed by atoms with Gasteiger partial charge in [-0.1, -0.05) is 13.8 Å². The zero-order valence-corrected chi connectivity index (χ0v) is 9.80. The Hall–Kier alpha value is -0.320. The van der Waals surface area contributed by atoms with E-state index in [0.29, 0.717) is 18.9 Å². The van der Waals surface area contributed by atoms with Crippen LogP contribution < -0.4 is 5.73 Å². The van der Waals surface area contributed by atoms with Gasteiger partial charge >= 0.3 is 5.97 Å². The fourth-order valence-electron chi connectivity index (χ4n) is 0.937. The average Bonchev–Trinajstić information content (AvgIpc) is 2.03. The van der Waals surface area contributed by atoms with Gasteiger partial charge in [0.15, 0.2) is 0 Å². The summed E-state index contributed by atoms with van der Waals surface area (Å²) >= 11 is 0. The van der Waals surface area contributed by atoms with E-state index in [2.05, 4.69) is 0 Å². The molecule has 2 N–H and O–H groups in total. The lowest BCUT2D eigenvalue weighted by atomic mass is 10.1. The largest absolute Gasteiger partial charge is 0.462 e. The molecule has 0 fully saturated rings. The maximum Gasteiger partial charge on any atom is 0.322 e. The monoisotopic (exact) mass is 225 g/mol. The highest BCUT2D eigenvalue weighted by molar-refractivity contribution is 5.85. The van der Waals surface area contributed by atoms with Crippen molar-refractivity contribution in [3.05, 3.63) is 0 Å². The molecular weight excluding hydrogens is 206 g/mol. The third-order valence-corrected chi connectivity index (χ3v) is 1.56. The van der Waals surface area contributed by atoms with Crippen molar-refractivity contribution in [1.82, 2.24) is 0 Å². The van der Waals surface area contributed by atoms with Gasteiger partial charge in [-0.05, 0) is 12.3 Å². The van der Waals surface area contributed by atoms with Crippen molar-refractivity contribution in [1.29, 1.82) is 0 Å². The van der Waals surface area contributed by atoms with Crippen LogP contribution in [0.3, 0.4) is 0 Å². The molecule has 0 aliphatic rings. The molecule has 0 saturated carbocycles. The average molecular weight is 226 g/mol. The smallest absolute Gasteiger partial charge is 0.322 e. The molecule has 0 bridgehead atoms. The van der Waals surface area contributed by atoms with Crippen LogP contribution in [0.2, 0.25) is 0 Å². The molecule has 0 aliphatic carbocycles.